The van der Waals surface area contributed by atoms with Crippen LogP contribution in [0.25, 0.3) is 0 Å². The van der Waals surface area contributed by atoms with E-state index in [1.165, 1.54) is 180 Å². The smallest absolute Gasteiger partial charge is 0.306 e. The van der Waals surface area contributed by atoms with Gasteiger partial charge in [-0.15, -0.1) is 0 Å². The SMILES string of the molecule is CC/C=C\C/C=C\C/C=C\C/C=C\C/C=C\C/C=C\C/C=C\C/C=C\CCCCCCCCC(=O)OCC(COC(=O)CCCCCCCCCCCCCCCCC)OC(=O)CCCCCCCCCCCCCCCCCCC. The number of rotatable bonds is 63. The first kappa shape index (κ1) is 77.3. The molecular weight excluding hydrogens is 997 g/mol. The molecule has 466 valence electrons. The quantitative estimate of drug-likeness (QED) is 0.0261. The highest BCUT2D eigenvalue weighted by Crippen LogP contribution is 2.17. The Morgan fingerprint density at radius 2 is 0.481 bits per heavy atom. The highest BCUT2D eigenvalue weighted by atomic mass is 16.6. The van der Waals surface area contributed by atoms with Gasteiger partial charge in [0.2, 0.25) is 0 Å². The molecule has 0 saturated carbocycles. The van der Waals surface area contributed by atoms with Gasteiger partial charge in [-0.3, -0.25) is 14.4 Å². The zero-order valence-electron chi connectivity index (χ0n) is 53.5. The van der Waals surface area contributed by atoms with E-state index in [9.17, 15) is 14.4 Å². The highest BCUT2D eigenvalue weighted by Gasteiger charge is 2.19. The summed E-state index contributed by atoms with van der Waals surface area (Å²) >= 11 is 0. The molecular formula is C75H130O6. The Bertz CT molecular complexity index is 1580. The Kier molecular flexibility index (Phi) is 65.7. The van der Waals surface area contributed by atoms with Crippen LogP contribution in [0.1, 0.15) is 342 Å². The van der Waals surface area contributed by atoms with Crippen LogP contribution in [-0.2, 0) is 28.6 Å². The molecule has 6 heteroatoms. The van der Waals surface area contributed by atoms with E-state index in [1.807, 2.05) is 0 Å². The molecule has 0 aliphatic carbocycles. The summed E-state index contributed by atoms with van der Waals surface area (Å²) in [5.41, 5.74) is 0. The summed E-state index contributed by atoms with van der Waals surface area (Å²) in [6, 6.07) is 0. The Hall–Kier alpha value is -3.67. The number of allylic oxidation sites excluding steroid dienone is 16. The van der Waals surface area contributed by atoms with Gasteiger partial charge in [-0.25, -0.2) is 0 Å². The molecule has 0 bridgehead atoms. The second-order valence-electron chi connectivity index (χ2n) is 23.1. The lowest BCUT2D eigenvalue weighted by Gasteiger charge is -2.18. The fourth-order valence-electron chi connectivity index (χ4n) is 9.93. The van der Waals surface area contributed by atoms with Gasteiger partial charge in [0.1, 0.15) is 13.2 Å². The van der Waals surface area contributed by atoms with Crippen LogP contribution < -0.4 is 0 Å². The first-order chi connectivity index (χ1) is 40.0. The maximum atomic E-state index is 12.9. The van der Waals surface area contributed by atoms with Gasteiger partial charge in [-0.2, -0.15) is 0 Å². The standard InChI is InChI=1S/C75H130O6/c1-4-7-10-13-16-19-22-25-28-30-31-32-33-34-35-36-37-38-39-40-41-42-43-45-47-50-53-56-59-62-65-68-74(77)80-71-72(70-79-73(76)67-64-61-58-55-52-49-46-27-24-21-18-15-12-9-6-3)81-75(78)69-66-63-60-57-54-51-48-44-29-26-23-20-17-14-11-8-5-2/h7,10,16,19,25,28,31-32,34-35,37-38,40-41,43,45,72H,4-6,8-9,11-15,17-18,20-24,26-27,29-30,33,36,39,42,44,46-71H2,1-3H3/b10-7-,19-16-,28-25-,32-31-,35-34-,38-37-,41-40-,45-43-. The van der Waals surface area contributed by atoms with Gasteiger partial charge < -0.3 is 14.2 Å². The van der Waals surface area contributed by atoms with Crippen molar-refractivity contribution >= 4 is 17.9 Å². The number of hydrogen-bond acceptors (Lipinski definition) is 6. The Balaban J connectivity index is 4.32. The Labute approximate surface area is 502 Å². The predicted octanol–water partition coefficient (Wildman–Crippen LogP) is 24.0. The molecule has 0 rings (SSSR count). The van der Waals surface area contributed by atoms with Crippen LogP contribution in [0.3, 0.4) is 0 Å². The fraction of sp³-hybridized carbons (Fsp3) is 0.747. The molecule has 0 radical (unpaired) electrons. The lowest BCUT2D eigenvalue weighted by molar-refractivity contribution is -0.167. The van der Waals surface area contributed by atoms with E-state index >= 15 is 0 Å². The van der Waals surface area contributed by atoms with Crippen molar-refractivity contribution in [2.24, 2.45) is 0 Å². The van der Waals surface area contributed by atoms with E-state index in [1.54, 1.807) is 0 Å². The molecule has 81 heavy (non-hydrogen) atoms. The second-order valence-corrected chi connectivity index (χ2v) is 23.1. The van der Waals surface area contributed by atoms with Gasteiger partial charge in [0, 0.05) is 19.3 Å². The molecule has 0 fully saturated rings. The molecule has 0 amide bonds. The maximum Gasteiger partial charge on any atom is 0.306 e. The number of hydrogen-bond donors (Lipinski definition) is 0. The first-order valence-electron chi connectivity index (χ1n) is 34.7. The Morgan fingerprint density at radius 1 is 0.259 bits per heavy atom. The lowest BCUT2D eigenvalue weighted by Crippen LogP contribution is -2.30. The van der Waals surface area contributed by atoms with Crippen molar-refractivity contribution in [1.82, 2.24) is 0 Å². The fourth-order valence-corrected chi connectivity index (χ4v) is 9.93. The third-order valence-corrected chi connectivity index (χ3v) is 15.1. The summed E-state index contributed by atoms with van der Waals surface area (Å²) in [6.07, 6.45) is 92.8. The highest BCUT2D eigenvalue weighted by molar-refractivity contribution is 5.71. The average Bonchev–Trinajstić information content (AvgIpc) is 3.47. The normalized spacial score (nSPS) is 12.7. The van der Waals surface area contributed by atoms with E-state index in [0.29, 0.717) is 19.3 Å². The van der Waals surface area contributed by atoms with Crippen LogP contribution in [-0.4, -0.2) is 37.2 Å². The van der Waals surface area contributed by atoms with Crippen LogP contribution in [0.15, 0.2) is 97.2 Å². The van der Waals surface area contributed by atoms with Gasteiger partial charge in [0.25, 0.3) is 0 Å². The summed E-state index contributed by atoms with van der Waals surface area (Å²) in [6.45, 7) is 6.56. The minimum Gasteiger partial charge on any atom is -0.462 e. The third kappa shape index (κ3) is 67.0. The van der Waals surface area contributed by atoms with E-state index < -0.39 is 6.10 Å². The second kappa shape index (κ2) is 68.8. The number of unbranched alkanes of at least 4 members (excludes halogenated alkanes) is 36. The van der Waals surface area contributed by atoms with E-state index in [0.717, 1.165) is 122 Å². The van der Waals surface area contributed by atoms with Crippen molar-refractivity contribution in [3.8, 4) is 0 Å². The van der Waals surface area contributed by atoms with Gasteiger partial charge in [-0.05, 0) is 83.5 Å². The minimum atomic E-state index is -0.782. The molecule has 1 atom stereocenters. The zero-order chi connectivity index (χ0) is 58.5. The largest absolute Gasteiger partial charge is 0.462 e. The maximum absolute atomic E-state index is 12.9. The van der Waals surface area contributed by atoms with Crippen LogP contribution in [0.4, 0.5) is 0 Å². The molecule has 0 saturated heterocycles. The molecule has 0 spiro atoms. The van der Waals surface area contributed by atoms with Gasteiger partial charge >= 0.3 is 17.9 Å². The van der Waals surface area contributed by atoms with Crippen LogP contribution in [0.5, 0.6) is 0 Å². The van der Waals surface area contributed by atoms with Gasteiger partial charge in [0.15, 0.2) is 6.10 Å². The number of carbonyl (C=O) groups is 3. The summed E-state index contributed by atoms with van der Waals surface area (Å²) in [5, 5.41) is 0. The molecule has 0 N–H and O–H groups in total. The average molecular weight is 1130 g/mol. The van der Waals surface area contributed by atoms with Crippen LogP contribution >= 0.6 is 0 Å². The van der Waals surface area contributed by atoms with Crippen molar-refractivity contribution < 1.29 is 28.6 Å². The topological polar surface area (TPSA) is 78.9 Å². The van der Waals surface area contributed by atoms with Gasteiger partial charge in [0.05, 0.1) is 0 Å². The van der Waals surface area contributed by atoms with E-state index in [4.69, 9.17) is 14.2 Å². The summed E-state index contributed by atoms with van der Waals surface area (Å²) in [5.74, 6) is -0.873. The molecule has 0 aliphatic heterocycles. The predicted molar refractivity (Wildman–Crippen MR) is 353 cm³/mol. The molecule has 1 unspecified atom stereocenters. The van der Waals surface area contributed by atoms with Gasteiger partial charge in [-0.1, -0.05) is 336 Å². The van der Waals surface area contributed by atoms with Crippen LogP contribution in [0, 0.1) is 0 Å². The lowest BCUT2D eigenvalue weighted by atomic mass is 10.0. The first-order valence-corrected chi connectivity index (χ1v) is 34.7. The van der Waals surface area contributed by atoms with Crippen molar-refractivity contribution in [2.45, 2.75) is 348 Å². The number of ether oxygens (including phenoxy) is 3. The summed E-state index contributed by atoms with van der Waals surface area (Å²) < 4.78 is 17.0. The molecule has 0 aromatic heterocycles. The zero-order valence-corrected chi connectivity index (χ0v) is 53.5. The van der Waals surface area contributed by atoms with Crippen molar-refractivity contribution in [2.75, 3.05) is 13.2 Å². The Morgan fingerprint density at radius 3 is 0.753 bits per heavy atom. The molecule has 0 aliphatic rings. The van der Waals surface area contributed by atoms with Crippen LogP contribution in [0.2, 0.25) is 0 Å². The van der Waals surface area contributed by atoms with Crippen molar-refractivity contribution in [1.29, 1.82) is 0 Å². The van der Waals surface area contributed by atoms with Crippen molar-refractivity contribution in [3.63, 3.8) is 0 Å². The molecule has 6 nitrogen and oxygen atoms in total. The van der Waals surface area contributed by atoms with E-state index in [-0.39, 0.29) is 31.1 Å². The van der Waals surface area contributed by atoms with Crippen molar-refractivity contribution in [3.05, 3.63) is 97.2 Å². The minimum absolute atomic E-state index is 0.0768. The van der Waals surface area contributed by atoms with E-state index in [2.05, 4.69) is 118 Å². The number of carbonyl (C=O) groups excluding carboxylic acids is 3. The molecule has 0 aromatic rings. The number of esters is 3. The third-order valence-electron chi connectivity index (χ3n) is 15.1. The summed E-state index contributed by atoms with van der Waals surface area (Å²) in [7, 11) is 0. The monoisotopic (exact) mass is 1130 g/mol. The summed E-state index contributed by atoms with van der Waals surface area (Å²) in [4.78, 5) is 38.4. The molecule has 0 heterocycles. The molecule has 0 aromatic carbocycles.